The molecule has 0 radical (unpaired) electrons. The average molecular weight is 312 g/mol. The summed E-state index contributed by atoms with van der Waals surface area (Å²) in [6.45, 7) is 12.8. The number of aryl methyl sites for hydroxylation is 1. The fraction of sp³-hybridized carbons (Fsp3) is 0.471. The Hall–Kier alpha value is -1.32. The van der Waals surface area contributed by atoms with E-state index in [1.54, 1.807) is 12.0 Å². The molecule has 0 atom stereocenters. The maximum absolute atomic E-state index is 11.6. The minimum absolute atomic E-state index is 0. The van der Waals surface area contributed by atoms with E-state index in [1.807, 2.05) is 6.92 Å². The van der Waals surface area contributed by atoms with E-state index in [-0.39, 0.29) is 18.4 Å². The van der Waals surface area contributed by atoms with Gasteiger partial charge in [-0.2, -0.15) is 0 Å². The van der Waals surface area contributed by atoms with E-state index in [2.05, 4.69) is 38.6 Å². The van der Waals surface area contributed by atoms with Gasteiger partial charge in [0.15, 0.2) is 0 Å². The molecule has 0 aliphatic heterocycles. The van der Waals surface area contributed by atoms with E-state index in [4.69, 9.17) is 4.84 Å². The van der Waals surface area contributed by atoms with E-state index in [0.29, 0.717) is 18.7 Å². The fourth-order valence-electron chi connectivity index (χ4n) is 2.22. The molecule has 21 heavy (non-hydrogen) atoms. The van der Waals surface area contributed by atoms with Crippen LogP contribution in [0.4, 0.5) is 0 Å². The number of hydroxylamine groups is 2. The zero-order valence-electron chi connectivity index (χ0n) is 13.4. The van der Waals surface area contributed by atoms with E-state index in [9.17, 15) is 4.79 Å². The summed E-state index contributed by atoms with van der Waals surface area (Å²) >= 11 is 0. The number of carbonyl (C=O) groups excluding carboxylic acids is 1. The molecule has 0 amide bonds. The average Bonchev–Trinajstić information content (AvgIpc) is 2.45. The molecule has 3 nitrogen and oxygen atoms in total. The van der Waals surface area contributed by atoms with Crippen molar-refractivity contribution in [2.45, 2.75) is 47.1 Å². The first kappa shape index (κ1) is 19.7. The summed E-state index contributed by atoms with van der Waals surface area (Å²) in [7, 11) is 0. The molecule has 0 saturated carbocycles. The zero-order chi connectivity index (χ0) is 15.1. The van der Waals surface area contributed by atoms with Crippen LogP contribution >= 0.6 is 12.4 Å². The third-order valence-electron chi connectivity index (χ3n) is 3.36. The molecule has 0 spiro atoms. The van der Waals surface area contributed by atoms with Crippen molar-refractivity contribution in [2.75, 3.05) is 6.54 Å². The third-order valence-corrected chi connectivity index (χ3v) is 3.36. The highest BCUT2D eigenvalue weighted by atomic mass is 35.5. The van der Waals surface area contributed by atoms with Crippen LogP contribution in [0.15, 0.2) is 30.4 Å². The van der Waals surface area contributed by atoms with Gasteiger partial charge in [0.1, 0.15) is 0 Å². The fourth-order valence-corrected chi connectivity index (χ4v) is 2.22. The lowest BCUT2D eigenvalue weighted by Gasteiger charge is -2.22. The van der Waals surface area contributed by atoms with Gasteiger partial charge >= 0.3 is 5.97 Å². The number of carbonyl (C=O) groups is 1. The van der Waals surface area contributed by atoms with Crippen molar-refractivity contribution in [1.29, 1.82) is 0 Å². The van der Waals surface area contributed by atoms with Crippen molar-refractivity contribution in [3.63, 3.8) is 0 Å². The molecule has 0 aromatic heterocycles. The van der Waals surface area contributed by atoms with Crippen LogP contribution in [0.2, 0.25) is 0 Å². The minimum atomic E-state index is -0.364. The summed E-state index contributed by atoms with van der Waals surface area (Å²) in [6.07, 6.45) is 2.01. The van der Waals surface area contributed by atoms with E-state index in [0.717, 1.165) is 12.8 Å². The van der Waals surface area contributed by atoms with Crippen LogP contribution in [0.1, 0.15) is 44.4 Å². The lowest BCUT2D eigenvalue weighted by Crippen LogP contribution is -2.27. The van der Waals surface area contributed by atoms with Crippen LogP contribution in [0.25, 0.3) is 0 Å². The summed E-state index contributed by atoms with van der Waals surface area (Å²) < 4.78 is 0. The predicted octanol–water partition coefficient (Wildman–Crippen LogP) is 4.09. The summed E-state index contributed by atoms with van der Waals surface area (Å²) in [4.78, 5) is 16.9. The smallest absolute Gasteiger partial charge is 0.352 e. The Morgan fingerprint density at radius 3 is 2.29 bits per heavy atom. The summed E-state index contributed by atoms with van der Waals surface area (Å²) in [5.41, 5.74) is 4.37. The number of halogens is 1. The molecule has 0 heterocycles. The molecule has 0 fully saturated rings. The molecule has 0 aliphatic carbocycles. The Bertz CT molecular complexity index is 486. The second-order valence-corrected chi connectivity index (χ2v) is 4.88. The number of nitrogens with zero attached hydrogens (tertiary/aromatic N) is 1. The number of rotatable bonds is 7. The lowest BCUT2D eigenvalue weighted by atomic mass is 9.97. The van der Waals surface area contributed by atoms with Gasteiger partial charge in [-0.25, -0.2) is 4.79 Å². The van der Waals surface area contributed by atoms with Gasteiger partial charge < -0.3 is 4.84 Å². The molecule has 0 unspecified atom stereocenters. The zero-order valence-corrected chi connectivity index (χ0v) is 14.3. The second kappa shape index (κ2) is 9.59. The Labute approximate surface area is 134 Å². The molecule has 0 aliphatic rings. The van der Waals surface area contributed by atoms with Gasteiger partial charge in [-0.3, -0.25) is 0 Å². The first-order valence-electron chi connectivity index (χ1n) is 7.25. The van der Waals surface area contributed by atoms with Crippen LogP contribution in [0.5, 0.6) is 0 Å². The van der Waals surface area contributed by atoms with Gasteiger partial charge in [-0.15, -0.1) is 17.5 Å². The van der Waals surface area contributed by atoms with Crippen molar-refractivity contribution in [1.82, 2.24) is 5.06 Å². The molecule has 1 aromatic rings. The molecule has 4 heteroatoms. The molecule has 1 rings (SSSR count). The van der Waals surface area contributed by atoms with Crippen LogP contribution < -0.4 is 0 Å². The molecule has 118 valence electrons. The number of benzene rings is 1. The van der Waals surface area contributed by atoms with Gasteiger partial charge in [0.05, 0.1) is 6.54 Å². The van der Waals surface area contributed by atoms with Crippen molar-refractivity contribution in [2.24, 2.45) is 0 Å². The van der Waals surface area contributed by atoms with Crippen LogP contribution in [0.3, 0.4) is 0 Å². The van der Waals surface area contributed by atoms with Crippen molar-refractivity contribution >= 4 is 18.4 Å². The summed E-state index contributed by atoms with van der Waals surface area (Å²) in [5.74, 6) is -0.364. The van der Waals surface area contributed by atoms with Crippen molar-refractivity contribution < 1.29 is 9.63 Å². The highest BCUT2D eigenvalue weighted by Gasteiger charge is 2.14. The van der Waals surface area contributed by atoms with Crippen LogP contribution in [-0.4, -0.2) is 17.6 Å². The van der Waals surface area contributed by atoms with Gasteiger partial charge in [0, 0.05) is 12.1 Å². The third kappa shape index (κ3) is 5.52. The molecular formula is C17H26ClNO2. The first-order chi connectivity index (χ1) is 9.53. The van der Waals surface area contributed by atoms with Gasteiger partial charge in [0.25, 0.3) is 0 Å². The summed E-state index contributed by atoms with van der Waals surface area (Å²) in [6, 6.07) is 6.34. The van der Waals surface area contributed by atoms with Crippen LogP contribution in [0, 0.1) is 0 Å². The highest BCUT2D eigenvalue weighted by Crippen LogP contribution is 2.18. The topological polar surface area (TPSA) is 29.5 Å². The Kier molecular flexibility index (Phi) is 8.98. The highest BCUT2D eigenvalue weighted by molar-refractivity contribution is 5.86. The van der Waals surface area contributed by atoms with Crippen LogP contribution in [-0.2, 0) is 29.0 Å². The standard InChI is InChI=1S/C17H25NO2.ClH/c1-6-14-10-9-11-15(16(14)7-2)12-18(8-3)20-17(19)13(4)5;/h9-11H,4,6-8,12H2,1-3,5H3;1H. The molecule has 0 N–H and O–H groups in total. The predicted molar refractivity (Wildman–Crippen MR) is 89.4 cm³/mol. The molecular weight excluding hydrogens is 286 g/mol. The maximum atomic E-state index is 11.6. The van der Waals surface area contributed by atoms with E-state index in [1.165, 1.54) is 16.7 Å². The van der Waals surface area contributed by atoms with Gasteiger partial charge in [0.2, 0.25) is 0 Å². The SMILES string of the molecule is C=C(C)C(=O)ON(CC)Cc1cccc(CC)c1CC.Cl. The lowest BCUT2D eigenvalue weighted by molar-refractivity contribution is -0.187. The largest absolute Gasteiger partial charge is 0.364 e. The number of hydrogen-bond acceptors (Lipinski definition) is 3. The van der Waals surface area contributed by atoms with Gasteiger partial charge in [-0.1, -0.05) is 38.6 Å². The van der Waals surface area contributed by atoms with E-state index >= 15 is 0 Å². The van der Waals surface area contributed by atoms with Crippen molar-refractivity contribution in [3.05, 3.63) is 47.0 Å². The summed E-state index contributed by atoms with van der Waals surface area (Å²) in [5, 5.41) is 1.69. The Morgan fingerprint density at radius 2 is 1.81 bits per heavy atom. The Balaban J connectivity index is 0.00000400. The normalized spacial score (nSPS) is 10.1. The molecule has 0 saturated heterocycles. The minimum Gasteiger partial charge on any atom is -0.364 e. The van der Waals surface area contributed by atoms with Crippen molar-refractivity contribution in [3.8, 4) is 0 Å². The Morgan fingerprint density at radius 1 is 1.19 bits per heavy atom. The molecule has 0 bridgehead atoms. The second-order valence-electron chi connectivity index (χ2n) is 4.88. The molecule has 1 aromatic carbocycles. The quantitative estimate of drug-likeness (QED) is 0.561. The maximum Gasteiger partial charge on any atom is 0.352 e. The number of hydrogen-bond donors (Lipinski definition) is 0. The first-order valence-corrected chi connectivity index (χ1v) is 7.25. The van der Waals surface area contributed by atoms with Gasteiger partial charge in [-0.05, 0) is 43.4 Å². The van der Waals surface area contributed by atoms with E-state index < -0.39 is 0 Å². The monoisotopic (exact) mass is 311 g/mol.